The third-order valence-corrected chi connectivity index (χ3v) is 3.84. The number of nitrogens with zero attached hydrogens (tertiary/aromatic N) is 2. The van der Waals surface area contributed by atoms with Crippen LogP contribution in [0.15, 0.2) is 36.7 Å². The van der Waals surface area contributed by atoms with E-state index in [1.807, 2.05) is 30.3 Å². The molecule has 0 amide bonds. The molecule has 116 valence electrons. The molecule has 1 aliphatic heterocycles. The van der Waals surface area contributed by atoms with Gasteiger partial charge in [0.05, 0.1) is 6.10 Å². The Morgan fingerprint density at radius 3 is 2.64 bits per heavy atom. The third-order valence-electron chi connectivity index (χ3n) is 3.59. The van der Waals surface area contributed by atoms with Crippen LogP contribution in [0.25, 0.3) is 0 Å². The van der Waals surface area contributed by atoms with E-state index in [1.165, 1.54) is 0 Å². The van der Waals surface area contributed by atoms with E-state index in [-0.39, 0.29) is 0 Å². The van der Waals surface area contributed by atoms with Gasteiger partial charge in [0.25, 0.3) is 0 Å². The van der Waals surface area contributed by atoms with Crippen LogP contribution in [-0.4, -0.2) is 29.2 Å². The van der Waals surface area contributed by atoms with Crippen molar-refractivity contribution in [3.8, 4) is 0 Å². The number of hydrogen-bond donors (Lipinski definition) is 2. The molecular weight excluding hydrogens is 300 g/mol. The molecule has 3 rings (SSSR count). The highest BCUT2D eigenvalue weighted by atomic mass is 35.5. The molecule has 0 aliphatic carbocycles. The molecule has 1 unspecified atom stereocenters. The quantitative estimate of drug-likeness (QED) is 0.855. The molecule has 0 bridgehead atoms. The van der Waals surface area contributed by atoms with Gasteiger partial charge < -0.3 is 15.4 Å². The lowest BCUT2D eigenvalue weighted by atomic mass is 10.2. The Labute approximate surface area is 135 Å². The Morgan fingerprint density at radius 2 is 1.91 bits per heavy atom. The first kappa shape index (κ1) is 15.1. The summed E-state index contributed by atoms with van der Waals surface area (Å²) >= 11 is 5.88. The standard InChI is InChI=1S/C16H19ClN4O/c17-13-5-3-12(4-6-13)9-18-15-8-16(21-11-20-15)19-10-14-2-1-7-22-14/h3-6,8,11,14H,1-2,7,9-10H2,(H2,18,19,20,21). The molecule has 5 nitrogen and oxygen atoms in total. The average molecular weight is 319 g/mol. The molecule has 6 heteroatoms. The number of halogens is 1. The van der Waals surface area contributed by atoms with Gasteiger partial charge in [0, 0.05) is 30.8 Å². The van der Waals surface area contributed by atoms with Gasteiger partial charge >= 0.3 is 0 Å². The number of aromatic nitrogens is 2. The summed E-state index contributed by atoms with van der Waals surface area (Å²) in [6.07, 6.45) is 4.10. The topological polar surface area (TPSA) is 59.1 Å². The van der Waals surface area contributed by atoms with Gasteiger partial charge in [-0.15, -0.1) is 0 Å². The molecular formula is C16H19ClN4O. The van der Waals surface area contributed by atoms with Crippen LogP contribution >= 0.6 is 11.6 Å². The predicted molar refractivity (Wildman–Crippen MR) is 88.3 cm³/mol. The van der Waals surface area contributed by atoms with E-state index in [0.29, 0.717) is 12.6 Å². The summed E-state index contributed by atoms with van der Waals surface area (Å²) in [5, 5.41) is 7.32. The summed E-state index contributed by atoms with van der Waals surface area (Å²) in [6, 6.07) is 9.66. The summed E-state index contributed by atoms with van der Waals surface area (Å²) < 4.78 is 5.59. The zero-order valence-electron chi connectivity index (χ0n) is 12.3. The lowest BCUT2D eigenvalue weighted by Gasteiger charge is -2.12. The molecule has 1 aromatic carbocycles. The summed E-state index contributed by atoms with van der Waals surface area (Å²) in [6.45, 7) is 2.34. The lowest BCUT2D eigenvalue weighted by Crippen LogP contribution is -2.19. The number of ether oxygens (including phenoxy) is 1. The second-order valence-electron chi connectivity index (χ2n) is 5.28. The van der Waals surface area contributed by atoms with Crippen molar-refractivity contribution in [1.82, 2.24) is 9.97 Å². The highest BCUT2D eigenvalue weighted by molar-refractivity contribution is 6.30. The van der Waals surface area contributed by atoms with E-state index < -0.39 is 0 Å². The molecule has 1 aliphatic rings. The van der Waals surface area contributed by atoms with Crippen LogP contribution in [0.3, 0.4) is 0 Å². The Morgan fingerprint density at radius 1 is 1.14 bits per heavy atom. The van der Waals surface area contributed by atoms with E-state index in [0.717, 1.165) is 48.2 Å². The van der Waals surface area contributed by atoms with Crippen LogP contribution in [0.5, 0.6) is 0 Å². The SMILES string of the molecule is Clc1ccc(CNc2cc(NCC3CCCO3)ncn2)cc1. The fourth-order valence-electron chi connectivity index (χ4n) is 2.37. The summed E-state index contributed by atoms with van der Waals surface area (Å²) in [5.41, 5.74) is 1.15. The van der Waals surface area contributed by atoms with E-state index in [1.54, 1.807) is 6.33 Å². The van der Waals surface area contributed by atoms with E-state index in [2.05, 4.69) is 20.6 Å². The number of nitrogens with one attached hydrogen (secondary N) is 2. The van der Waals surface area contributed by atoms with Crippen molar-refractivity contribution < 1.29 is 4.74 Å². The minimum Gasteiger partial charge on any atom is -0.376 e. The van der Waals surface area contributed by atoms with Gasteiger partial charge in [-0.25, -0.2) is 9.97 Å². The number of hydrogen-bond acceptors (Lipinski definition) is 5. The van der Waals surface area contributed by atoms with Crippen molar-refractivity contribution in [2.75, 3.05) is 23.8 Å². The second kappa shape index (κ2) is 7.42. The van der Waals surface area contributed by atoms with Gasteiger partial charge in [-0.3, -0.25) is 0 Å². The van der Waals surface area contributed by atoms with Gasteiger partial charge in [0.15, 0.2) is 0 Å². The van der Waals surface area contributed by atoms with Crippen LogP contribution in [-0.2, 0) is 11.3 Å². The summed E-state index contributed by atoms with van der Waals surface area (Å²) in [4.78, 5) is 8.46. The summed E-state index contributed by atoms with van der Waals surface area (Å²) in [5.74, 6) is 1.60. The monoisotopic (exact) mass is 318 g/mol. The minimum atomic E-state index is 0.292. The lowest BCUT2D eigenvalue weighted by molar-refractivity contribution is 0.120. The van der Waals surface area contributed by atoms with Gasteiger partial charge in [-0.1, -0.05) is 23.7 Å². The fourth-order valence-corrected chi connectivity index (χ4v) is 2.50. The molecule has 1 saturated heterocycles. The fraction of sp³-hybridized carbons (Fsp3) is 0.375. The zero-order chi connectivity index (χ0) is 15.2. The minimum absolute atomic E-state index is 0.292. The molecule has 0 saturated carbocycles. The smallest absolute Gasteiger partial charge is 0.131 e. The van der Waals surface area contributed by atoms with Gasteiger partial charge in [-0.2, -0.15) is 0 Å². The van der Waals surface area contributed by atoms with E-state index >= 15 is 0 Å². The highest BCUT2D eigenvalue weighted by Crippen LogP contribution is 2.15. The summed E-state index contributed by atoms with van der Waals surface area (Å²) in [7, 11) is 0. The molecule has 22 heavy (non-hydrogen) atoms. The molecule has 1 fully saturated rings. The van der Waals surface area contributed by atoms with Crippen LogP contribution in [0.2, 0.25) is 5.02 Å². The van der Waals surface area contributed by atoms with Crippen molar-refractivity contribution in [2.45, 2.75) is 25.5 Å². The number of benzene rings is 1. The van der Waals surface area contributed by atoms with E-state index in [4.69, 9.17) is 16.3 Å². The van der Waals surface area contributed by atoms with Crippen LogP contribution in [0, 0.1) is 0 Å². The molecule has 2 heterocycles. The highest BCUT2D eigenvalue weighted by Gasteiger charge is 2.15. The van der Waals surface area contributed by atoms with Crippen LogP contribution in [0.1, 0.15) is 18.4 Å². The van der Waals surface area contributed by atoms with Crippen molar-refractivity contribution in [3.05, 3.63) is 47.2 Å². The first-order valence-corrected chi connectivity index (χ1v) is 7.83. The maximum absolute atomic E-state index is 5.88. The molecule has 1 atom stereocenters. The first-order chi connectivity index (χ1) is 10.8. The zero-order valence-corrected chi connectivity index (χ0v) is 13.0. The number of anilines is 2. The Balaban J connectivity index is 1.52. The van der Waals surface area contributed by atoms with Crippen molar-refractivity contribution >= 4 is 23.2 Å². The first-order valence-electron chi connectivity index (χ1n) is 7.45. The maximum Gasteiger partial charge on any atom is 0.131 e. The normalized spacial score (nSPS) is 17.4. The maximum atomic E-state index is 5.88. The molecule has 2 aromatic rings. The van der Waals surface area contributed by atoms with Crippen LogP contribution in [0.4, 0.5) is 11.6 Å². The van der Waals surface area contributed by atoms with Gasteiger partial charge in [0.1, 0.15) is 18.0 Å². The molecule has 0 radical (unpaired) electrons. The third kappa shape index (κ3) is 4.32. The Kier molecular flexibility index (Phi) is 5.08. The Bertz CT molecular complexity index is 599. The average Bonchev–Trinajstić information content (AvgIpc) is 3.06. The predicted octanol–water partition coefficient (Wildman–Crippen LogP) is 3.33. The molecule has 1 aromatic heterocycles. The van der Waals surface area contributed by atoms with Gasteiger partial charge in [-0.05, 0) is 30.5 Å². The largest absolute Gasteiger partial charge is 0.376 e. The second-order valence-corrected chi connectivity index (χ2v) is 5.72. The van der Waals surface area contributed by atoms with Crippen molar-refractivity contribution in [2.24, 2.45) is 0 Å². The van der Waals surface area contributed by atoms with Crippen LogP contribution < -0.4 is 10.6 Å². The van der Waals surface area contributed by atoms with Gasteiger partial charge in [0.2, 0.25) is 0 Å². The van der Waals surface area contributed by atoms with Crippen molar-refractivity contribution in [1.29, 1.82) is 0 Å². The molecule has 0 spiro atoms. The number of rotatable bonds is 6. The molecule has 2 N–H and O–H groups in total. The van der Waals surface area contributed by atoms with Crippen molar-refractivity contribution in [3.63, 3.8) is 0 Å². The van der Waals surface area contributed by atoms with E-state index in [9.17, 15) is 0 Å². The Hall–Kier alpha value is -1.85.